The normalized spacial score (nSPS) is 12.3. The minimum absolute atomic E-state index is 0.0992. The Hall–Kier alpha value is -2.17. The zero-order valence-electron chi connectivity index (χ0n) is 12.6. The molecular formula is C18H20NO3-. The quantitative estimate of drug-likeness (QED) is 0.700. The molecule has 0 bridgehead atoms. The van der Waals surface area contributed by atoms with Gasteiger partial charge in [0, 0.05) is 25.0 Å². The van der Waals surface area contributed by atoms with Crippen molar-refractivity contribution in [3.05, 3.63) is 71.8 Å². The molecule has 116 valence electrons. The maximum atomic E-state index is 10.8. The lowest BCUT2D eigenvalue weighted by atomic mass is 10.2. The van der Waals surface area contributed by atoms with Gasteiger partial charge in [0.2, 0.25) is 0 Å². The van der Waals surface area contributed by atoms with Crippen LogP contribution in [0.3, 0.4) is 0 Å². The Morgan fingerprint density at radius 2 is 1.45 bits per heavy atom. The molecule has 4 heteroatoms. The second kappa shape index (κ2) is 8.32. The molecule has 0 saturated heterocycles. The Morgan fingerprint density at radius 3 is 1.86 bits per heavy atom. The predicted molar refractivity (Wildman–Crippen MR) is 82.3 cm³/mol. The van der Waals surface area contributed by atoms with E-state index in [0.717, 1.165) is 11.1 Å². The first-order valence-corrected chi connectivity index (χ1v) is 7.31. The summed E-state index contributed by atoms with van der Waals surface area (Å²) in [5.41, 5.74) is 2.22. The highest BCUT2D eigenvalue weighted by atomic mass is 16.7. The number of rotatable bonds is 8. The number of carboxylic acids is 1. The topological polar surface area (TPSA) is 52.6 Å². The maximum Gasteiger partial charge on any atom is 0.0763 e. The maximum absolute atomic E-state index is 10.8. The van der Waals surface area contributed by atoms with Crippen molar-refractivity contribution in [3.8, 4) is 0 Å². The largest absolute Gasteiger partial charge is 0.550 e. The van der Waals surface area contributed by atoms with Gasteiger partial charge < -0.3 is 9.90 Å². The van der Waals surface area contributed by atoms with Gasteiger partial charge in [-0.05, 0) is 11.1 Å². The number of hydrogen-bond acceptors (Lipinski definition) is 4. The van der Waals surface area contributed by atoms with E-state index in [9.17, 15) is 9.90 Å². The molecule has 0 fully saturated rings. The van der Waals surface area contributed by atoms with E-state index in [1.807, 2.05) is 60.7 Å². The first-order valence-electron chi connectivity index (χ1n) is 7.31. The second-order valence-electron chi connectivity index (χ2n) is 5.29. The number of benzene rings is 2. The summed E-state index contributed by atoms with van der Waals surface area (Å²) in [6.07, 6.45) is 0. The summed E-state index contributed by atoms with van der Waals surface area (Å²) in [6, 6.07) is 19.9. The molecule has 0 spiro atoms. The van der Waals surface area contributed by atoms with Crippen LogP contribution >= 0.6 is 0 Å². The minimum Gasteiger partial charge on any atom is -0.550 e. The van der Waals surface area contributed by atoms with Crippen molar-refractivity contribution >= 4 is 5.97 Å². The highest BCUT2D eigenvalue weighted by Gasteiger charge is 2.11. The molecule has 0 radical (unpaired) electrons. The summed E-state index contributed by atoms with van der Waals surface area (Å²) in [7, 11) is 0. The molecule has 0 aliphatic rings. The highest BCUT2D eigenvalue weighted by molar-refractivity contribution is 5.67. The molecule has 0 aliphatic carbocycles. The molecule has 1 atom stereocenters. The van der Waals surface area contributed by atoms with Gasteiger partial charge in [-0.15, -0.1) is 0 Å². The first kappa shape index (κ1) is 16.2. The third-order valence-corrected chi connectivity index (χ3v) is 3.31. The second-order valence-corrected chi connectivity index (χ2v) is 5.29. The van der Waals surface area contributed by atoms with Crippen molar-refractivity contribution in [2.24, 2.45) is 5.92 Å². The first-order chi connectivity index (χ1) is 10.6. The van der Waals surface area contributed by atoms with Crippen LogP contribution in [0.4, 0.5) is 0 Å². The summed E-state index contributed by atoms with van der Waals surface area (Å²) < 4.78 is 0. The molecule has 0 aromatic heterocycles. The van der Waals surface area contributed by atoms with Crippen molar-refractivity contribution in [1.82, 2.24) is 5.06 Å². The zero-order chi connectivity index (χ0) is 15.8. The average Bonchev–Trinajstić information content (AvgIpc) is 2.54. The number of hydroxylamine groups is 2. The van der Waals surface area contributed by atoms with Crippen LogP contribution in [0.25, 0.3) is 0 Å². The molecule has 0 aliphatic heterocycles. The van der Waals surface area contributed by atoms with E-state index in [0.29, 0.717) is 13.1 Å². The smallest absolute Gasteiger partial charge is 0.0763 e. The Balaban J connectivity index is 2.01. The highest BCUT2D eigenvalue weighted by Crippen LogP contribution is 2.11. The van der Waals surface area contributed by atoms with Gasteiger partial charge in [0.1, 0.15) is 0 Å². The van der Waals surface area contributed by atoms with E-state index < -0.39 is 11.9 Å². The van der Waals surface area contributed by atoms with Gasteiger partial charge in [-0.2, -0.15) is 5.06 Å². The van der Waals surface area contributed by atoms with Gasteiger partial charge in [-0.3, -0.25) is 4.84 Å². The standard InChI is InChI=1S/C18H21NO3/c1-15(18(20)21)14-22-19(12-16-8-4-2-5-9-16)13-17-10-6-3-7-11-17/h2-11,15H,12-14H2,1H3,(H,20,21)/p-1. The Morgan fingerprint density at radius 1 is 1.00 bits per heavy atom. The fourth-order valence-corrected chi connectivity index (χ4v) is 2.01. The molecule has 0 N–H and O–H groups in total. The number of aliphatic carboxylic acids is 1. The van der Waals surface area contributed by atoms with E-state index in [-0.39, 0.29) is 6.61 Å². The van der Waals surface area contributed by atoms with Gasteiger partial charge in [0.15, 0.2) is 0 Å². The zero-order valence-corrected chi connectivity index (χ0v) is 12.6. The van der Waals surface area contributed by atoms with Crippen molar-refractivity contribution in [2.75, 3.05) is 6.61 Å². The molecule has 0 heterocycles. The molecule has 2 rings (SSSR count). The van der Waals surface area contributed by atoms with Crippen molar-refractivity contribution in [2.45, 2.75) is 20.0 Å². The lowest BCUT2D eigenvalue weighted by Gasteiger charge is -2.24. The summed E-state index contributed by atoms with van der Waals surface area (Å²) in [5, 5.41) is 12.6. The lowest BCUT2D eigenvalue weighted by Crippen LogP contribution is -2.35. The van der Waals surface area contributed by atoms with E-state index >= 15 is 0 Å². The molecule has 0 amide bonds. The fourth-order valence-electron chi connectivity index (χ4n) is 2.01. The minimum atomic E-state index is -1.10. The van der Waals surface area contributed by atoms with Crippen LogP contribution in [-0.2, 0) is 22.7 Å². The van der Waals surface area contributed by atoms with Crippen molar-refractivity contribution in [1.29, 1.82) is 0 Å². The van der Waals surface area contributed by atoms with E-state index in [1.54, 1.807) is 12.0 Å². The van der Waals surface area contributed by atoms with Gasteiger partial charge >= 0.3 is 0 Å². The molecule has 22 heavy (non-hydrogen) atoms. The third-order valence-electron chi connectivity index (χ3n) is 3.31. The van der Waals surface area contributed by atoms with Crippen LogP contribution in [0.2, 0.25) is 0 Å². The van der Waals surface area contributed by atoms with Crippen molar-refractivity contribution in [3.63, 3.8) is 0 Å². The third kappa shape index (κ3) is 5.31. The summed E-state index contributed by atoms with van der Waals surface area (Å²) in [5.74, 6) is -1.74. The van der Waals surface area contributed by atoms with Crippen LogP contribution in [-0.4, -0.2) is 17.6 Å². The number of carboxylic acid groups (broad SMARTS) is 1. The predicted octanol–water partition coefficient (Wildman–Crippen LogP) is 2.01. The molecule has 1 unspecified atom stereocenters. The van der Waals surface area contributed by atoms with Gasteiger partial charge in [-0.25, -0.2) is 0 Å². The average molecular weight is 298 g/mol. The van der Waals surface area contributed by atoms with Crippen LogP contribution in [0.1, 0.15) is 18.1 Å². The molecular weight excluding hydrogens is 278 g/mol. The Bertz CT molecular complexity index is 530. The molecule has 2 aromatic rings. The summed E-state index contributed by atoms with van der Waals surface area (Å²) >= 11 is 0. The molecule has 2 aromatic carbocycles. The van der Waals surface area contributed by atoms with E-state index in [4.69, 9.17) is 4.84 Å². The number of carbonyl (C=O) groups is 1. The van der Waals surface area contributed by atoms with Gasteiger partial charge in [0.25, 0.3) is 0 Å². The van der Waals surface area contributed by atoms with Crippen LogP contribution in [0.5, 0.6) is 0 Å². The molecule has 0 saturated carbocycles. The van der Waals surface area contributed by atoms with Gasteiger partial charge in [0.05, 0.1) is 6.61 Å². The van der Waals surface area contributed by atoms with Crippen LogP contribution in [0, 0.1) is 5.92 Å². The van der Waals surface area contributed by atoms with Crippen LogP contribution in [0.15, 0.2) is 60.7 Å². The number of hydrogen-bond donors (Lipinski definition) is 0. The van der Waals surface area contributed by atoms with E-state index in [2.05, 4.69) is 0 Å². The number of nitrogens with zero attached hydrogens (tertiary/aromatic N) is 1. The lowest BCUT2D eigenvalue weighted by molar-refractivity contribution is -0.314. The van der Waals surface area contributed by atoms with Crippen molar-refractivity contribution < 1.29 is 14.7 Å². The summed E-state index contributed by atoms with van der Waals surface area (Å²) in [6.45, 7) is 2.87. The fraction of sp³-hybridized carbons (Fsp3) is 0.278. The summed E-state index contributed by atoms with van der Waals surface area (Å²) in [4.78, 5) is 16.5. The SMILES string of the molecule is CC(CON(Cc1ccccc1)Cc1ccccc1)C(=O)[O-]. The molecule has 4 nitrogen and oxygen atoms in total. The number of carbonyl (C=O) groups excluding carboxylic acids is 1. The van der Waals surface area contributed by atoms with E-state index in [1.165, 1.54) is 0 Å². The Labute approximate surface area is 130 Å². The van der Waals surface area contributed by atoms with Crippen LogP contribution < -0.4 is 5.11 Å². The van der Waals surface area contributed by atoms with Gasteiger partial charge in [-0.1, -0.05) is 67.6 Å². The Kier molecular flexibility index (Phi) is 6.13. The monoisotopic (exact) mass is 298 g/mol.